The Hall–Kier alpha value is -2.30. The third-order valence-electron chi connectivity index (χ3n) is 12.0. The Morgan fingerprint density at radius 1 is 0.381 bits per heavy atom. The number of carbonyl (C=O) groups is 2. The second-order valence-electron chi connectivity index (χ2n) is 18.6. The van der Waals surface area contributed by atoms with Gasteiger partial charge in [-0.2, -0.15) is 0 Å². The van der Waals surface area contributed by atoms with Gasteiger partial charge in [0.15, 0.2) is 0 Å². The zero-order chi connectivity index (χ0) is 45.9. The molecule has 63 heavy (non-hydrogen) atoms. The Balaban J connectivity index is 4.84. The van der Waals surface area contributed by atoms with E-state index in [0.29, 0.717) is 26.0 Å². The van der Waals surface area contributed by atoms with Crippen LogP contribution in [0.3, 0.4) is 0 Å². The van der Waals surface area contributed by atoms with Gasteiger partial charge in [-0.3, -0.25) is 9.59 Å². The Morgan fingerprint density at radius 3 is 0.984 bits per heavy atom. The number of nitrogens with zero attached hydrogens (tertiary/aromatic N) is 1. The van der Waals surface area contributed by atoms with Crippen LogP contribution in [0.4, 0.5) is 0 Å². The second-order valence-corrected chi connectivity index (χ2v) is 18.6. The maximum atomic E-state index is 13.9. The quantitative estimate of drug-likeness (QED) is 0.0347. The van der Waals surface area contributed by atoms with Crippen LogP contribution in [0.25, 0.3) is 0 Å². The first kappa shape index (κ1) is 60.7. The second kappa shape index (κ2) is 50.7. The molecule has 0 aromatic carbocycles. The van der Waals surface area contributed by atoms with Gasteiger partial charge < -0.3 is 9.64 Å². The SMILES string of the molecule is CCCCC/C=C\C/C=C\CCCCCCCCOC(CN(C)C)C(C(=O)CCCCCCC/C=C\C/C=C\CCCCC)C(=O)CCCCCCC/C=C\C/C=C\CCCCC. The molecule has 1 atom stereocenters. The van der Waals surface area contributed by atoms with Crippen molar-refractivity contribution in [2.24, 2.45) is 5.92 Å². The third kappa shape index (κ3) is 44.7. The Labute approximate surface area is 393 Å². The highest BCUT2D eigenvalue weighted by Gasteiger charge is 2.34. The topological polar surface area (TPSA) is 46.6 Å². The molecule has 0 heterocycles. The van der Waals surface area contributed by atoms with Gasteiger partial charge >= 0.3 is 0 Å². The van der Waals surface area contributed by atoms with E-state index in [2.05, 4.69) is 98.6 Å². The molecule has 1 unspecified atom stereocenters. The summed E-state index contributed by atoms with van der Waals surface area (Å²) in [6.45, 7) is 7.99. The fourth-order valence-electron chi connectivity index (χ4n) is 8.07. The monoisotopic (exact) mass is 876 g/mol. The minimum atomic E-state index is -0.645. The standard InChI is InChI=1S/C59H105NO3/c1-6-9-12-15-18-21-24-27-30-33-36-39-42-45-48-51-54-63-58(55-60(4)5)59(56(61)52-49-46-43-40-37-34-31-28-25-22-19-16-13-10-7-2)57(62)53-50-47-44-41-38-35-32-29-26-23-20-17-14-11-8-3/h18-23,27-32,58-59H,6-17,24-26,33-55H2,1-5H3/b21-18-,22-19-,23-20-,30-27-,31-28-,32-29-. The molecule has 0 fully saturated rings. The minimum absolute atomic E-state index is 0.108. The summed E-state index contributed by atoms with van der Waals surface area (Å²) in [7, 11) is 4.06. The van der Waals surface area contributed by atoms with Crippen molar-refractivity contribution < 1.29 is 14.3 Å². The molecule has 0 saturated heterocycles. The molecular weight excluding hydrogens is 771 g/mol. The average molecular weight is 876 g/mol. The predicted octanol–water partition coefficient (Wildman–Crippen LogP) is 18.1. The van der Waals surface area contributed by atoms with Crippen LogP contribution < -0.4 is 0 Å². The first-order chi connectivity index (χ1) is 31.0. The first-order valence-corrected chi connectivity index (χ1v) is 27.2. The lowest BCUT2D eigenvalue weighted by Gasteiger charge is -2.28. The lowest BCUT2D eigenvalue weighted by molar-refractivity contribution is -0.140. The molecule has 364 valence electrons. The molecule has 0 spiro atoms. The molecule has 0 aliphatic rings. The summed E-state index contributed by atoms with van der Waals surface area (Å²) in [5.41, 5.74) is 0. The third-order valence-corrected chi connectivity index (χ3v) is 12.0. The van der Waals surface area contributed by atoms with Crippen LogP contribution in [0.15, 0.2) is 72.9 Å². The highest BCUT2D eigenvalue weighted by atomic mass is 16.5. The summed E-state index contributed by atoms with van der Waals surface area (Å²) in [4.78, 5) is 30.0. The van der Waals surface area contributed by atoms with E-state index < -0.39 is 5.92 Å². The number of Topliss-reactive ketones (excluding diaryl/α,β-unsaturated/α-hetero) is 2. The molecule has 0 aromatic heterocycles. The number of allylic oxidation sites excluding steroid dienone is 12. The zero-order valence-corrected chi connectivity index (χ0v) is 42.6. The zero-order valence-electron chi connectivity index (χ0n) is 42.6. The molecule has 0 aliphatic carbocycles. The maximum absolute atomic E-state index is 13.9. The van der Waals surface area contributed by atoms with Gasteiger partial charge in [0.05, 0.1) is 6.10 Å². The van der Waals surface area contributed by atoms with Crippen molar-refractivity contribution in [3.8, 4) is 0 Å². The summed E-state index contributed by atoms with van der Waals surface area (Å²) in [5, 5.41) is 0. The number of ether oxygens (including phenoxy) is 1. The fourth-order valence-corrected chi connectivity index (χ4v) is 8.07. The molecule has 0 bridgehead atoms. The maximum Gasteiger partial charge on any atom is 0.146 e. The van der Waals surface area contributed by atoms with Crippen LogP contribution in [-0.2, 0) is 14.3 Å². The van der Waals surface area contributed by atoms with E-state index in [1.165, 1.54) is 135 Å². The van der Waals surface area contributed by atoms with Crippen LogP contribution in [0.2, 0.25) is 0 Å². The summed E-state index contributed by atoms with van der Waals surface area (Å²) in [6, 6.07) is 0. The number of likely N-dealkylation sites (N-methyl/N-ethyl adjacent to an activating group) is 1. The van der Waals surface area contributed by atoms with Gasteiger partial charge in [-0.25, -0.2) is 0 Å². The van der Waals surface area contributed by atoms with Crippen molar-refractivity contribution >= 4 is 11.6 Å². The Kier molecular flexibility index (Phi) is 48.8. The lowest BCUT2D eigenvalue weighted by atomic mass is 9.86. The average Bonchev–Trinajstić information content (AvgIpc) is 3.27. The van der Waals surface area contributed by atoms with Crippen LogP contribution >= 0.6 is 0 Å². The molecule has 0 aromatic rings. The van der Waals surface area contributed by atoms with Gasteiger partial charge in [-0.15, -0.1) is 0 Å². The van der Waals surface area contributed by atoms with Gasteiger partial charge in [-0.05, 0) is 130 Å². The molecular formula is C59H105NO3. The van der Waals surface area contributed by atoms with E-state index in [9.17, 15) is 9.59 Å². The molecule has 0 N–H and O–H groups in total. The number of ketones is 2. The highest BCUT2D eigenvalue weighted by Crippen LogP contribution is 2.22. The molecule has 0 aliphatic heterocycles. The number of hydrogen-bond donors (Lipinski definition) is 0. The van der Waals surface area contributed by atoms with Gasteiger partial charge in [0, 0.05) is 26.0 Å². The summed E-state index contributed by atoms with van der Waals surface area (Å²) < 4.78 is 6.51. The van der Waals surface area contributed by atoms with Crippen molar-refractivity contribution in [2.45, 2.75) is 258 Å². The van der Waals surface area contributed by atoms with E-state index in [4.69, 9.17) is 4.74 Å². The number of unbranched alkanes of at least 4 members (excludes halogenated alkanes) is 25. The normalized spacial score (nSPS) is 13.1. The fraction of sp³-hybridized carbons (Fsp3) is 0.763. The minimum Gasteiger partial charge on any atom is -0.376 e. The first-order valence-electron chi connectivity index (χ1n) is 27.2. The van der Waals surface area contributed by atoms with E-state index >= 15 is 0 Å². The predicted molar refractivity (Wildman–Crippen MR) is 280 cm³/mol. The van der Waals surface area contributed by atoms with Crippen LogP contribution in [0.5, 0.6) is 0 Å². The molecule has 0 radical (unpaired) electrons. The van der Waals surface area contributed by atoms with Gasteiger partial charge in [0.2, 0.25) is 0 Å². The van der Waals surface area contributed by atoms with E-state index in [-0.39, 0.29) is 17.7 Å². The van der Waals surface area contributed by atoms with E-state index in [1.807, 2.05) is 14.1 Å². The molecule has 0 rings (SSSR count). The molecule has 0 saturated carbocycles. The Morgan fingerprint density at radius 2 is 0.667 bits per heavy atom. The highest BCUT2D eigenvalue weighted by molar-refractivity contribution is 6.03. The van der Waals surface area contributed by atoms with Gasteiger partial charge in [0.25, 0.3) is 0 Å². The smallest absolute Gasteiger partial charge is 0.146 e. The van der Waals surface area contributed by atoms with Crippen molar-refractivity contribution in [3.63, 3.8) is 0 Å². The molecule has 0 amide bonds. The van der Waals surface area contributed by atoms with Crippen LogP contribution in [-0.4, -0.2) is 49.8 Å². The van der Waals surface area contributed by atoms with Crippen molar-refractivity contribution in [3.05, 3.63) is 72.9 Å². The Bertz CT molecular complexity index is 1100. The van der Waals surface area contributed by atoms with E-state index in [1.54, 1.807) is 0 Å². The van der Waals surface area contributed by atoms with Crippen molar-refractivity contribution in [2.75, 3.05) is 27.2 Å². The van der Waals surface area contributed by atoms with Crippen LogP contribution in [0.1, 0.15) is 252 Å². The largest absolute Gasteiger partial charge is 0.376 e. The molecule has 4 heteroatoms. The summed E-state index contributed by atoms with van der Waals surface area (Å²) in [6.07, 6.45) is 68.4. The number of carbonyl (C=O) groups excluding carboxylic acids is 2. The number of rotatable bonds is 49. The van der Waals surface area contributed by atoms with Crippen molar-refractivity contribution in [1.82, 2.24) is 4.90 Å². The lowest BCUT2D eigenvalue weighted by Crippen LogP contribution is -2.43. The van der Waals surface area contributed by atoms with Gasteiger partial charge in [0.1, 0.15) is 17.5 Å². The van der Waals surface area contributed by atoms with Gasteiger partial charge in [-0.1, -0.05) is 196 Å². The van der Waals surface area contributed by atoms with Crippen molar-refractivity contribution in [1.29, 1.82) is 0 Å². The summed E-state index contributed by atoms with van der Waals surface area (Å²) >= 11 is 0. The number of hydrogen-bond acceptors (Lipinski definition) is 4. The van der Waals surface area contributed by atoms with E-state index in [0.717, 1.165) is 83.5 Å². The van der Waals surface area contributed by atoms with Crippen LogP contribution in [0, 0.1) is 5.92 Å². The molecule has 4 nitrogen and oxygen atoms in total. The summed E-state index contributed by atoms with van der Waals surface area (Å²) in [5.74, 6) is -0.428.